The maximum atomic E-state index is 2.36. The van der Waals surface area contributed by atoms with Crippen molar-refractivity contribution in [2.24, 2.45) is 5.41 Å². The molecule has 0 aliphatic heterocycles. The first-order valence-corrected chi connectivity index (χ1v) is 4.46. The summed E-state index contributed by atoms with van der Waals surface area (Å²) in [5.74, 6) is 0. The van der Waals surface area contributed by atoms with Gasteiger partial charge in [0.2, 0.25) is 0 Å². The fraction of sp³-hybridized carbons (Fsp3) is 0.455. The molecule has 58 valence electrons. The van der Waals surface area contributed by atoms with Crippen molar-refractivity contribution in [3.63, 3.8) is 0 Å². The molecule has 2 aliphatic carbocycles. The summed E-state index contributed by atoms with van der Waals surface area (Å²) >= 11 is 0. The van der Waals surface area contributed by atoms with Gasteiger partial charge in [0.1, 0.15) is 0 Å². The molecule has 0 saturated heterocycles. The molecule has 0 unspecified atom stereocenters. The third kappa shape index (κ3) is 1.30. The molecule has 0 saturated carbocycles. The lowest BCUT2D eigenvalue weighted by molar-refractivity contribution is 0.543. The van der Waals surface area contributed by atoms with Crippen LogP contribution < -0.4 is 0 Å². The highest BCUT2D eigenvalue weighted by Crippen LogP contribution is 2.35. The quantitative estimate of drug-likeness (QED) is 0.460. The Morgan fingerprint density at radius 3 is 2.55 bits per heavy atom. The van der Waals surface area contributed by atoms with E-state index in [1.165, 1.54) is 25.7 Å². The van der Waals surface area contributed by atoms with Crippen LogP contribution in [0.2, 0.25) is 0 Å². The largest absolute Gasteiger partial charge is 0.0874 e. The second-order valence-electron chi connectivity index (χ2n) is 3.48. The summed E-state index contributed by atoms with van der Waals surface area (Å²) in [4.78, 5) is 0. The highest BCUT2D eigenvalue weighted by Gasteiger charge is 2.22. The van der Waals surface area contributed by atoms with Gasteiger partial charge in [-0.15, -0.1) is 0 Å². The molecule has 0 aromatic rings. The van der Waals surface area contributed by atoms with Gasteiger partial charge in [0.15, 0.2) is 0 Å². The van der Waals surface area contributed by atoms with Crippen LogP contribution in [0, 0.1) is 5.41 Å². The SMILES string of the molecule is C1=CC2(C=C1)C=CCCCC2. The minimum Gasteiger partial charge on any atom is -0.0874 e. The van der Waals surface area contributed by atoms with Crippen LogP contribution in [0.5, 0.6) is 0 Å². The summed E-state index contributed by atoms with van der Waals surface area (Å²) in [7, 11) is 0. The minimum absolute atomic E-state index is 0.316. The number of allylic oxidation sites excluding steroid dienone is 6. The van der Waals surface area contributed by atoms with E-state index < -0.39 is 0 Å². The van der Waals surface area contributed by atoms with Crippen LogP contribution in [-0.2, 0) is 0 Å². The molecule has 0 N–H and O–H groups in total. The van der Waals surface area contributed by atoms with Crippen LogP contribution in [0.25, 0.3) is 0 Å². The van der Waals surface area contributed by atoms with E-state index in [0.29, 0.717) is 5.41 Å². The van der Waals surface area contributed by atoms with Gasteiger partial charge in [0, 0.05) is 5.41 Å². The zero-order chi connectivity index (χ0) is 7.57. The summed E-state index contributed by atoms with van der Waals surface area (Å²) in [6, 6.07) is 0. The van der Waals surface area contributed by atoms with Crippen LogP contribution in [0.1, 0.15) is 25.7 Å². The Labute approximate surface area is 68.3 Å². The molecule has 11 heavy (non-hydrogen) atoms. The highest BCUT2D eigenvalue weighted by atomic mass is 14.3. The normalized spacial score (nSPS) is 26.2. The second-order valence-corrected chi connectivity index (χ2v) is 3.48. The highest BCUT2D eigenvalue weighted by molar-refractivity contribution is 5.31. The van der Waals surface area contributed by atoms with Crippen molar-refractivity contribution in [1.29, 1.82) is 0 Å². The Balaban J connectivity index is 2.22. The molecule has 0 bridgehead atoms. The Morgan fingerprint density at radius 1 is 0.909 bits per heavy atom. The van der Waals surface area contributed by atoms with Gasteiger partial charge in [0.25, 0.3) is 0 Å². The van der Waals surface area contributed by atoms with Gasteiger partial charge >= 0.3 is 0 Å². The van der Waals surface area contributed by atoms with E-state index in [0.717, 1.165) is 0 Å². The summed E-state index contributed by atoms with van der Waals surface area (Å²) in [5.41, 5.74) is 0.316. The second kappa shape index (κ2) is 2.69. The van der Waals surface area contributed by atoms with Crippen molar-refractivity contribution in [1.82, 2.24) is 0 Å². The Kier molecular flexibility index (Phi) is 1.69. The molecule has 0 heteroatoms. The molecule has 2 aliphatic rings. The van der Waals surface area contributed by atoms with E-state index in [-0.39, 0.29) is 0 Å². The Morgan fingerprint density at radius 2 is 1.73 bits per heavy atom. The average molecular weight is 146 g/mol. The zero-order valence-electron chi connectivity index (χ0n) is 6.79. The van der Waals surface area contributed by atoms with Gasteiger partial charge in [-0.1, -0.05) is 42.9 Å². The van der Waals surface area contributed by atoms with E-state index in [9.17, 15) is 0 Å². The van der Waals surface area contributed by atoms with Crippen molar-refractivity contribution >= 4 is 0 Å². The smallest absolute Gasteiger partial charge is 0.0248 e. The van der Waals surface area contributed by atoms with Gasteiger partial charge in [-0.3, -0.25) is 0 Å². The fourth-order valence-corrected chi connectivity index (χ4v) is 1.88. The van der Waals surface area contributed by atoms with E-state index in [1.54, 1.807) is 0 Å². The predicted molar refractivity (Wildman–Crippen MR) is 48.3 cm³/mol. The third-order valence-electron chi connectivity index (χ3n) is 2.58. The van der Waals surface area contributed by atoms with Crippen LogP contribution in [0.3, 0.4) is 0 Å². The first-order valence-electron chi connectivity index (χ1n) is 4.46. The number of rotatable bonds is 0. The van der Waals surface area contributed by atoms with E-state index in [1.807, 2.05) is 0 Å². The lowest BCUT2D eigenvalue weighted by Crippen LogP contribution is -2.07. The van der Waals surface area contributed by atoms with Crippen LogP contribution in [-0.4, -0.2) is 0 Å². The summed E-state index contributed by atoms with van der Waals surface area (Å²) in [6.07, 6.45) is 18.9. The van der Waals surface area contributed by atoms with Gasteiger partial charge in [-0.25, -0.2) is 0 Å². The molecule has 0 radical (unpaired) electrons. The predicted octanol–water partition coefficient (Wildman–Crippen LogP) is 3.23. The molecule has 2 rings (SSSR count). The topological polar surface area (TPSA) is 0 Å². The molecule has 0 nitrogen and oxygen atoms in total. The first kappa shape index (κ1) is 6.90. The van der Waals surface area contributed by atoms with Crippen LogP contribution >= 0.6 is 0 Å². The van der Waals surface area contributed by atoms with Crippen molar-refractivity contribution in [2.45, 2.75) is 25.7 Å². The van der Waals surface area contributed by atoms with Crippen LogP contribution in [0.15, 0.2) is 36.5 Å². The molecule has 0 amide bonds. The lowest BCUT2D eigenvalue weighted by atomic mass is 9.85. The van der Waals surface area contributed by atoms with Gasteiger partial charge < -0.3 is 0 Å². The van der Waals surface area contributed by atoms with Crippen molar-refractivity contribution < 1.29 is 0 Å². The van der Waals surface area contributed by atoms with Gasteiger partial charge in [-0.2, -0.15) is 0 Å². The molecule has 0 aromatic carbocycles. The van der Waals surface area contributed by atoms with Crippen molar-refractivity contribution in [3.05, 3.63) is 36.5 Å². The molecule has 0 heterocycles. The van der Waals surface area contributed by atoms with E-state index in [4.69, 9.17) is 0 Å². The van der Waals surface area contributed by atoms with Crippen molar-refractivity contribution in [2.75, 3.05) is 0 Å². The fourth-order valence-electron chi connectivity index (χ4n) is 1.88. The molecule has 0 atom stereocenters. The van der Waals surface area contributed by atoms with E-state index >= 15 is 0 Å². The molecular formula is C11H14. The number of hydrogen-bond donors (Lipinski definition) is 0. The minimum atomic E-state index is 0.316. The van der Waals surface area contributed by atoms with Crippen molar-refractivity contribution in [3.8, 4) is 0 Å². The van der Waals surface area contributed by atoms with E-state index in [2.05, 4.69) is 36.5 Å². The zero-order valence-corrected chi connectivity index (χ0v) is 6.79. The summed E-state index contributed by atoms with van der Waals surface area (Å²) in [5, 5.41) is 0. The Hall–Kier alpha value is -0.780. The number of hydrogen-bond acceptors (Lipinski definition) is 0. The molecule has 1 spiro atoms. The molecule has 0 aromatic heterocycles. The Bertz CT molecular complexity index is 206. The molecule has 0 fully saturated rings. The maximum Gasteiger partial charge on any atom is 0.0248 e. The molecular weight excluding hydrogens is 132 g/mol. The van der Waals surface area contributed by atoms with Crippen LogP contribution in [0.4, 0.5) is 0 Å². The summed E-state index contributed by atoms with van der Waals surface area (Å²) < 4.78 is 0. The maximum absolute atomic E-state index is 2.36. The van der Waals surface area contributed by atoms with Gasteiger partial charge in [0.05, 0.1) is 0 Å². The lowest BCUT2D eigenvalue weighted by Gasteiger charge is -2.18. The average Bonchev–Trinajstić information content (AvgIpc) is 2.32. The first-order chi connectivity index (χ1) is 5.41. The standard InChI is InChI=1S/C11H14/c1-2-4-8-11(7-3-1)9-5-6-10-11/h3,5-7,9-10H,1-2,4,8H2. The monoisotopic (exact) mass is 146 g/mol. The summed E-state index contributed by atoms with van der Waals surface area (Å²) in [6.45, 7) is 0. The van der Waals surface area contributed by atoms with Gasteiger partial charge in [-0.05, 0) is 19.3 Å². The third-order valence-corrected chi connectivity index (χ3v) is 2.58.